The SMILES string of the molecule is O=C(NCCN1CCCC1)c1cccc(-c2cccc(CN(CCCc3ccccc3)C(=O)CCc3c[nH]c4ccccc34)c2)c1. The highest BCUT2D eigenvalue weighted by Gasteiger charge is 2.17. The molecule has 2 heterocycles. The molecule has 6 heteroatoms. The van der Waals surface area contributed by atoms with Gasteiger partial charge in [-0.2, -0.15) is 0 Å². The van der Waals surface area contributed by atoms with Crippen molar-refractivity contribution in [2.45, 2.75) is 45.1 Å². The first-order chi connectivity index (χ1) is 22.6. The molecule has 5 aromatic rings. The van der Waals surface area contributed by atoms with E-state index >= 15 is 0 Å². The normalized spacial score (nSPS) is 13.2. The van der Waals surface area contributed by atoms with E-state index < -0.39 is 0 Å². The molecule has 0 bridgehead atoms. The average molecular weight is 613 g/mol. The van der Waals surface area contributed by atoms with E-state index in [1.165, 1.54) is 29.4 Å². The first-order valence-corrected chi connectivity index (χ1v) is 16.7. The van der Waals surface area contributed by atoms with Crippen molar-refractivity contribution in [1.29, 1.82) is 0 Å². The van der Waals surface area contributed by atoms with Crippen molar-refractivity contribution >= 4 is 22.7 Å². The van der Waals surface area contributed by atoms with Crippen LogP contribution < -0.4 is 5.32 Å². The number of rotatable bonds is 14. The summed E-state index contributed by atoms with van der Waals surface area (Å²) >= 11 is 0. The number of aromatic nitrogens is 1. The molecule has 1 aromatic heterocycles. The molecule has 4 aromatic carbocycles. The summed E-state index contributed by atoms with van der Waals surface area (Å²) < 4.78 is 0. The smallest absolute Gasteiger partial charge is 0.251 e. The zero-order valence-electron chi connectivity index (χ0n) is 26.6. The average Bonchev–Trinajstić information content (AvgIpc) is 3.78. The Balaban J connectivity index is 1.12. The molecule has 0 saturated carbocycles. The first-order valence-electron chi connectivity index (χ1n) is 16.7. The van der Waals surface area contributed by atoms with Gasteiger partial charge in [-0.15, -0.1) is 0 Å². The molecule has 2 N–H and O–H groups in total. The van der Waals surface area contributed by atoms with E-state index in [1.54, 1.807) is 0 Å². The Hall–Kier alpha value is -4.68. The van der Waals surface area contributed by atoms with Crippen molar-refractivity contribution in [1.82, 2.24) is 20.1 Å². The van der Waals surface area contributed by atoms with Crippen molar-refractivity contribution in [2.75, 3.05) is 32.7 Å². The fourth-order valence-corrected chi connectivity index (χ4v) is 6.49. The van der Waals surface area contributed by atoms with Crippen LogP contribution in [0.3, 0.4) is 0 Å². The minimum absolute atomic E-state index is 0.0393. The Morgan fingerprint density at radius 3 is 2.37 bits per heavy atom. The number of hydrogen-bond acceptors (Lipinski definition) is 3. The predicted octanol–water partition coefficient (Wildman–Crippen LogP) is 7.25. The molecule has 1 aliphatic heterocycles. The van der Waals surface area contributed by atoms with Crippen LogP contribution in [0.1, 0.15) is 52.7 Å². The Morgan fingerprint density at radius 2 is 1.52 bits per heavy atom. The standard InChI is InChI=1S/C40H44N4O2/c45-39(21-20-36-29-42-38-19-5-4-18-37(36)38)44(25-10-14-31-11-2-1-3-12-31)30-32-13-8-15-33(27-32)34-16-9-17-35(28-34)40(46)41-22-26-43-23-6-7-24-43/h1-5,8-9,11-13,15-19,27-29,42H,6-7,10,14,20-26,30H2,(H,41,46). The molecule has 0 unspecified atom stereocenters. The highest BCUT2D eigenvalue weighted by atomic mass is 16.2. The predicted molar refractivity (Wildman–Crippen MR) is 187 cm³/mol. The molecule has 2 amide bonds. The molecule has 1 saturated heterocycles. The van der Waals surface area contributed by atoms with Crippen LogP contribution in [0.15, 0.2) is 109 Å². The van der Waals surface area contributed by atoms with Crippen LogP contribution in [-0.4, -0.2) is 59.3 Å². The van der Waals surface area contributed by atoms with Gasteiger partial charge in [0, 0.05) is 55.3 Å². The van der Waals surface area contributed by atoms with Gasteiger partial charge < -0.3 is 20.1 Å². The quantitative estimate of drug-likeness (QED) is 0.139. The number of para-hydroxylation sites is 1. The number of H-pyrrole nitrogens is 1. The van der Waals surface area contributed by atoms with Crippen LogP contribution in [0, 0.1) is 0 Å². The second-order valence-electron chi connectivity index (χ2n) is 12.3. The van der Waals surface area contributed by atoms with Gasteiger partial charge in [-0.1, -0.05) is 78.9 Å². The number of carbonyl (C=O) groups is 2. The number of amides is 2. The lowest BCUT2D eigenvalue weighted by atomic mass is 10.0. The van der Waals surface area contributed by atoms with Gasteiger partial charge in [0.25, 0.3) is 5.91 Å². The Bertz CT molecular complexity index is 1740. The van der Waals surface area contributed by atoms with E-state index in [2.05, 4.69) is 69.8 Å². The lowest BCUT2D eigenvalue weighted by Gasteiger charge is -2.23. The summed E-state index contributed by atoms with van der Waals surface area (Å²) in [5, 5.41) is 4.27. The van der Waals surface area contributed by atoms with Gasteiger partial charge in [-0.25, -0.2) is 0 Å². The molecular formula is C40H44N4O2. The van der Waals surface area contributed by atoms with Gasteiger partial charge in [0.1, 0.15) is 0 Å². The molecule has 6 rings (SSSR count). The molecule has 0 spiro atoms. The summed E-state index contributed by atoms with van der Waals surface area (Å²) in [6, 6.07) is 34.9. The van der Waals surface area contributed by atoms with E-state index in [9.17, 15) is 9.59 Å². The summed E-state index contributed by atoms with van der Waals surface area (Å²) in [5.74, 6) is 0.124. The maximum atomic E-state index is 13.7. The fourth-order valence-electron chi connectivity index (χ4n) is 6.49. The number of fused-ring (bicyclic) bond motifs is 1. The summed E-state index contributed by atoms with van der Waals surface area (Å²) in [6.07, 6.45) is 7.52. The number of carbonyl (C=O) groups excluding carboxylic acids is 2. The molecular weight excluding hydrogens is 568 g/mol. The third kappa shape index (κ3) is 8.32. The van der Waals surface area contributed by atoms with Crippen molar-refractivity contribution in [3.05, 3.63) is 132 Å². The van der Waals surface area contributed by atoms with Gasteiger partial charge in [-0.05, 0) is 97.3 Å². The van der Waals surface area contributed by atoms with Crippen LogP contribution >= 0.6 is 0 Å². The van der Waals surface area contributed by atoms with E-state index in [1.807, 2.05) is 59.6 Å². The van der Waals surface area contributed by atoms with Gasteiger partial charge in [0.15, 0.2) is 0 Å². The summed E-state index contributed by atoms with van der Waals surface area (Å²) in [5.41, 5.74) is 7.35. The lowest BCUT2D eigenvalue weighted by Crippen LogP contribution is -2.33. The molecule has 1 aliphatic rings. The highest BCUT2D eigenvalue weighted by molar-refractivity contribution is 5.95. The second kappa shape index (κ2) is 15.5. The van der Waals surface area contributed by atoms with E-state index in [4.69, 9.17) is 0 Å². The number of hydrogen-bond donors (Lipinski definition) is 2. The van der Waals surface area contributed by atoms with Gasteiger partial charge in [-0.3, -0.25) is 9.59 Å². The largest absolute Gasteiger partial charge is 0.361 e. The molecule has 0 atom stereocenters. The summed E-state index contributed by atoms with van der Waals surface area (Å²) in [6.45, 7) is 5.05. The van der Waals surface area contributed by atoms with Crippen molar-refractivity contribution < 1.29 is 9.59 Å². The lowest BCUT2D eigenvalue weighted by molar-refractivity contribution is -0.131. The zero-order valence-corrected chi connectivity index (χ0v) is 26.6. The van der Waals surface area contributed by atoms with Gasteiger partial charge in [0.2, 0.25) is 5.91 Å². The third-order valence-electron chi connectivity index (χ3n) is 9.04. The minimum Gasteiger partial charge on any atom is -0.361 e. The number of aromatic amines is 1. The fraction of sp³-hybridized carbons (Fsp3) is 0.300. The topological polar surface area (TPSA) is 68.4 Å². The van der Waals surface area contributed by atoms with Gasteiger partial charge >= 0.3 is 0 Å². The first kappa shape index (κ1) is 31.3. The maximum Gasteiger partial charge on any atom is 0.251 e. The maximum absolute atomic E-state index is 13.7. The van der Waals surface area contributed by atoms with Crippen molar-refractivity contribution in [3.8, 4) is 11.1 Å². The molecule has 1 fully saturated rings. The van der Waals surface area contributed by atoms with Crippen LogP contribution in [0.5, 0.6) is 0 Å². The summed E-state index contributed by atoms with van der Waals surface area (Å²) in [7, 11) is 0. The van der Waals surface area contributed by atoms with Crippen molar-refractivity contribution in [3.63, 3.8) is 0 Å². The van der Waals surface area contributed by atoms with Crippen LogP contribution in [0.2, 0.25) is 0 Å². The summed E-state index contributed by atoms with van der Waals surface area (Å²) in [4.78, 5) is 34.4. The van der Waals surface area contributed by atoms with E-state index in [0.717, 1.165) is 54.7 Å². The van der Waals surface area contributed by atoms with Gasteiger partial charge in [0.05, 0.1) is 0 Å². The van der Waals surface area contributed by atoms with E-state index in [-0.39, 0.29) is 11.8 Å². The molecule has 236 valence electrons. The second-order valence-corrected chi connectivity index (χ2v) is 12.3. The van der Waals surface area contributed by atoms with Crippen LogP contribution in [0.25, 0.3) is 22.0 Å². The number of nitrogens with zero attached hydrogens (tertiary/aromatic N) is 2. The van der Waals surface area contributed by atoms with Crippen molar-refractivity contribution in [2.24, 2.45) is 0 Å². The third-order valence-corrected chi connectivity index (χ3v) is 9.04. The molecule has 0 radical (unpaired) electrons. The number of benzene rings is 4. The Morgan fingerprint density at radius 1 is 0.783 bits per heavy atom. The Labute approximate surface area is 272 Å². The number of nitrogens with one attached hydrogen (secondary N) is 2. The molecule has 0 aliphatic carbocycles. The molecule has 46 heavy (non-hydrogen) atoms. The Kier molecular flexibility index (Phi) is 10.6. The zero-order chi connectivity index (χ0) is 31.6. The highest BCUT2D eigenvalue weighted by Crippen LogP contribution is 2.24. The van der Waals surface area contributed by atoms with Crippen LogP contribution in [-0.2, 0) is 24.2 Å². The number of likely N-dealkylation sites (tertiary alicyclic amines) is 1. The minimum atomic E-state index is -0.0393. The molecule has 6 nitrogen and oxygen atoms in total. The van der Waals surface area contributed by atoms with Crippen LogP contribution in [0.4, 0.5) is 0 Å². The van der Waals surface area contributed by atoms with E-state index in [0.29, 0.717) is 38.0 Å². The monoisotopic (exact) mass is 612 g/mol. The number of aryl methyl sites for hydroxylation is 2.